The highest BCUT2D eigenvalue weighted by Crippen LogP contribution is 2.30. The molecule has 0 saturated heterocycles. The van der Waals surface area contributed by atoms with Gasteiger partial charge in [0.1, 0.15) is 11.5 Å². The quantitative estimate of drug-likeness (QED) is 0.554. The molecule has 0 heterocycles. The van der Waals surface area contributed by atoms with Crippen LogP contribution in [0.3, 0.4) is 0 Å². The van der Waals surface area contributed by atoms with E-state index in [-0.39, 0.29) is 12.3 Å². The first kappa shape index (κ1) is 14.8. The van der Waals surface area contributed by atoms with Crippen LogP contribution in [0, 0.1) is 15.9 Å². The number of aliphatic hydroxyl groups is 1. The van der Waals surface area contributed by atoms with Gasteiger partial charge in [-0.15, -0.1) is 0 Å². The van der Waals surface area contributed by atoms with Gasteiger partial charge in [0.2, 0.25) is 0 Å². The molecule has 1 aromatic carbocycles. The van der Waals surface area contributed by atoms with Crippen molar-refractivity contribution >= 4 is 17.3 Å². The van der Waals surface area contributed by atoms with Crippen molar-refractivity contribution in [3.8, 4) is 0 Å². The summed E-state index contributed by atoms with van der Waals surface area (Å²) < 4.78 is 13.4. The Morgan fingerprint density at radius 2 is 2.11 bits per heavy atom. The Morgan fingerprint density at radius 3 is 2.53 bits per heavy atom. The Balaban J connectivity index is 3.38. The van der Waals surface area contributed by atoms with E-state index in [0.717, 1.165) is 6.07 Å². The molecule has 0 spiro atoms. The second kappa shape index (κ2) is 5.19. The molecule has 3 N–H and O–H groups in total. The predicted molar refractivity (Wildman–Crippen MR) is 64.8 cm³/mol. The van der Waals surface area contributed by atoms with Gasteiger partial charge in [0.15, 0.2) is 0 Å². The molecule has 0 bridgehead atoms. The molecule has 0 unspecified atom stereocenters. The SMILES string of the molecule is CC(C)(CO)Nc1cc(C(=O)O)c(F)cc1[N+](=O)[O-]. The number of hydrogen-bond acceptors (Lipinski definition) is 5. The van der Waals surface area contributed by atoms with Gasteiger partial charge in [-0.05, 0) is 19.9 Å². The molecule has 7 nitrogen and oxygen atoms in total. The summed E-state index contributed by atoms with van der Waals surface area (Å²) in [5, 5.41) is 31.3. The van der Waals surface area contributed by atoms with Gasteiger partial charge < -0.3 is 15.5 Å². The van der Waals surface area contributed by atoms with Crippen LogP contribution in [-0.2, 0) is 0 Å². The summed E-state index contributed by atoms with van der Waals surface area (Å²) in [4.78, 5) is 20.8. The van der Waals surface area contributed by atoms with E-state index in [0.29, 0.717) is 6.07 Å². The number of halogens is 1. The number of aromatic carboxylic acids is 1. The van der Waals surface area contributed by atoms with Gasteiger partial charge >= 0.3 is 5.97 Å². The monoisotopic (exact) mass is 272 g/mol. The summed E-state index contributed by atoms with van der Waals surface area (Å²) in [6.07, 6.45) is 0. The first-order valence-electron chi connectivity index (χ1n) is 5.28. The van der Waals surface area contributed by atoms with E-state index in [4.69, 9.17) is 10.2 Å². The number of aliphatic hydroxyl groups excluding tert-OH is 1. The number of benzene rings is 1. The van der Waals surface area contributed by atoms with E-state index < -0.39 is 33.5 Å². The molecular formula is C11H13FN2O5. The molecule has 0 atom stereocenters. The van der Waals surface area contributed by atoms with Crippen LogP contribution in [-0.4, -0.2) is 33.3 Å². The van der Waals surface area contributed by atoms with E-state index in [1.54, 1.807) is 13.8 Å². The lowest BCUT2D eigenvalue weighted by Crippen LogP contribution is -2.35. The van der Waals surface area contributed by atoms with Crippen molar-refractivity contribution in [2.75, 3.05) is 11.9 Å². The molecule has 104 valence electrons. The van der Waals surface area contributed by atoms with Crippen LogP contribution in [0.25, 0.3) is 0 Å². The number of nitro groups is 1. The number of carboxylic acid groups (broad SMARTS) is 1. The molecule has 0 aliphatic carbocycles. The maximum absolute atomic E-state index is 13.4. The highest BCUT2D eigenvalue weighted by molar-refractivity contribution is 5.90. The van der Waals surface area contributed by atoms with Crippen molar-refractivity contribution in [2.45, 2.75) is 19.4 Å². The lowest BCUT2D eigenvalue weighted by molar-refractivity contribution is -0.384. The second-order valence-electron chi connectivity index (χ2n) is 4.58. The minimum atomic E-state index is -1.53. The zero-order valence-corrected chi connectivity index (χ0v) is 10.3. The lowest BCUT2D eigenvalue weighted by atomic mass is 10.1. The van der Waals surface area contributed by atoms with Gasteiger partial charge in [0, 0.05) is 0 Å². The fourth-order valence-electron chi connectivity index (χ4n) is 1.38. The standard InChI is InChI=1S/C11H13FN2O5/c1-11(2,5-15)13-8-3-6(10(16)17)7(12)4-9(8)14(18)19/h3-4,13,15H,5H2,1-2H3,(H,16,17). The van der Waals surface area contributed by atoms with Gasteiger partial charge in [-0.3, -0.25) is 10.1 Å². The fourth-order valence-corrected chi connectivity index (χ4v) is 1.38. The van der Waals surface area contributed by atoms with E-state index in [2.05, 4.69) is 5.32 Å². The van der Waals surface area contributed by atoms with Crippen molar-refractivity contribution < 1.29 is 24.3 Å². The van der Waals surface area contributed by atoms with E-state index in [9.17, 15) is 19.3 Å². The number of anilines is 1. The normalized spacial score (nSPS) is 11.2. The summed E-state index contributed by atoms with van der Waals surface area (Å²) >= 11 is 0. The summed E-state index contributed by atoms with van der Waals surface area (Å²) in [7, 11) is 0. The van der Waals surface area contributed by atoms with Gasteiger partial charge in [0.25, 0.3) is 5.69 Å². The molecule has 0 radical (unpaired) electrons. The van der Waals surface area contributed by atoms with E-state index >= 15 is 0 Å². The smallest absolute Gasteiger partial charge is 0.338 e. The van der Waals surface area contributed by atoms with Crippen LogP contribution in [0.4, 0.5) is 15.8 Å². The fraction of sp³-hybridized carbons (Fsp3) is 0.364. The molecule has 0 fully saturated rings. The first-order chi connectivity index (χ1) is 8.68. The lowest BCUT2D eigenvalue weighted by Gasteiger charge is -2.24. The molecule has 0 amide bonds. The Kier molecular flexibility index (Phi) is 4.05. The topological polar surface area (TPSA) is 113 Å². The van der Waals surface area contributed by atoms with E-state index in [1.807, 2.05) is 0 Å². The number of hydrogen-bond donors (Lipinski definition) is 3. The maximum atomic E-state index is 13.4. The van der Waals surface area contributed by atoms with Gasteiger partial charge in [-0.25, -0.2) is 9.18 Å². The Hall–Kier alpha value is -2.22. The minimum Gasteiger partial charge on any atom is -0.478 e. The third-order valence-electron chi connectivity index (χ3n) is 2.38. The second-order valence-corrected chi connectivity index (χ2v) is 4.58. The average molecular weight is 272 g/mol. The van der Waals surface area contributed by atoms with Gasteiger partial charge in [0.05, 0.1) is 28.7 Å². The third kappa shape index (κ3) is 3.38. The zero-order chi connectivity index (χ0) is 14.8. The van der Waals surface area contributed by atoms with Crippen LogP contribution in [0.2, 0.25) is 0 Å². The molecular weight excluding hydrogens is 259 g/mol. The molecule has 1 aromatic rings. The average Bonchev–Trinajstić information content (AvgIpc) is 2.30. The van der Waals surface area contributed by atoms with E-state index in [1.165, 1.54) is 0 Å². The van der Waals surface area contributed by atoms with Crippen LogP contribution < -0.4 is 5.32 Å². The Labute approximate surface area is 107 Å². The van der Waals surface area contributed by atoms with Crippen LogP contribution in [0.15, 0.2) is 12.1 Å². The number of nitrogens with one attached hydrogen (secondary N) is 1. The summed E-state index contributed by atoms with van der Waals surface area (Å²) in [5.41, 5.74) is -2.35. The number of nitrogens with zero attached hydrogens (tertiary/aromatic N) is 1. The highest BCUT2D eigenvalue weighted by Gasteiger charge is 2.25. The predicted octanol–water partition coefficient (Wildman–Crippen LogP) is 1.61. The van der Waals surface area contributed by atoms with Gasteiger partial charge in [-0.1, -0.05) is 0 Å². The zero-order valence-electron chi connectivity index (χ0n) is 10.3. The van der Waals surface area contributed by atoms with Crippen molar-refractivity contribution in [3.05, 3.63) is 33.6 Å². The molecule has 0 aliphatic heterocycles. The van der Waals surface area contributed by atoms with Crippen molar-refractivity contribution in [2.24, 2.45) is 0 Å². The summed E-state index contributed by atoms with van der Waals surface area (Å²) in [6, 6.07) is 1.38. The van der Waals surface area contributed by atoms with Crippen molar-refractivity contribution in [1.29, 1.82) is 0 Å². The minimum absolute atomic E-state index is 0.164. The maximum Gasteiger partial charge on any atom is 0.338 e. The number of rotatable bonds is 5. The van der Waals surface area contributed by atoms with Gasteiger partial charge in [-0.2, -0.15) is 0 Å². The molecule has 0 aromatic heterocycles. The third-order valence-corrected chi connectivity index (χ3v) is 2.38. The molecule has 0 aliphatic rings. The van der Waals surface area contributed by atoms with Crippen LogP contribution >= 0.6 is 0 Å². The Morgan fingerprint density at radius 1 is 1.53 bits per heavy atom. The van der Waals surface area contributed by atoms with Crippen molar-refractivity contribution in [3.63, 3.8) is 0 Å². The number of carbonyl (C=O) groups is 1. The number of nitro benzene ring substituents is 1. The molecule has 19 heavy (non-hydrogen) atoms. The highest BCUT2D eigenvalue weighted by atomic mass is 19.1. The largest absolute Gasteiger partial charge is 0.478 e. The van der Waals surface area contributed by atoms with Crippen molar-refractivity contribution in [1.82, 2.24) is 0 Å². The summed E-state index contributed by atoms with van der Waals surface area (Å²) in [5.74, 6) is -2.72. The molecule has 1 rings (SSSR count). The summed E-state index contributed by atoms with van der Waals surface area (Å²) in [6.45, 7) is 2.77. The van der Waals surface area contributed by atoms with Crippen LogP contribution in [0.1, 0.15) is 24.2 Å². The molecule has 0 saturated carbocycles. The number of carboxylic acids is 1. The Bertz CT molecular complexity index is 530. The molecule has 8 heteroatoms. The first-order valence-corrected chi connectivity index (χ1v) is 5.28. The van der Waals surface area contributed by atoms with Crippen LogP contribution in [0.5, 0.6) is 0 Å².